The van der Waals surface area contributed by atoms with Gasteiger partial charge >= 0.3 is 0 Å². The molecule has 0 saturated carbocycles. The van der Waals surface area contributed by atoms with Crippen molar-refractivity contribution < 1.29 is 4.74 Å². The second-order valence-electron chi connectivity index (χ2n) is 1.95. The fourth-order valence-corrected chi connectivity index (χ4v) is 0.530. The zero-order valence-electron chi connectivity index (χ0n) is 4.77. The largest absolute Gasteiger partial charge is 0.372 e. The monoisotopic (exact) mass is 99.1 g/mol. The van der Waals surface area contributed by atoms with Gasteiger partial charge in [0.1, 0.15) is 7.85 Å². The van der Waals surface area contributed by atoms with E-state index >= 15 is 0 Å². The number of hydrogen-bond donors (Lipinski definition) is 1. The Balaban J connectivity index is 2.10. The molecule has 0 aromatic carbocycles. The molecule has 1 fully saturated rings. The number of epoxide rings is 1. The molecular weight excluding hydrogens is 88.9 g/mol. The van der Waals surface area contributed by atoms with Crippen molar-refractivity contribution in [3.63, 3.8) is 0 Å². The Morgan fingerprint density at radius 2 is 2.57 bits per heavy atom. The Bertz CT molecular complexity index is 64.7. The van der Waals surface area contributed by atoms with E-state index in [0.717, 1.165) is 6.61 Å². The van der Waals surface area contributed by atoms with E-state index in [4.69, 9.17) is 4.74 Å². The summed E-state index contributed by atoms with van der Waals surface area (Å²) in [4.78, 5) is 0. The topological polar surface area (TPSA) is 24.6 Å². The third kappa shape index (κ3) is 1.18. The van der Waals surface area contributed by atoms with E-state index in [-0.39, 0.29) is 0 Å². The first-order valence-electron chi connectivity index (χ1n) is 2.63. The Kier molecular flexibility index (Phi) is 1.35. The van der Waals surface area contributed by atoms with Crippen molar-refractivity contribution in [2.45, 2.75) is 12.0 Å². The fourth-order valence-electron chi connectivity index (χ4n) is 0.530. The van der Waals surface area contributed by atoms with Gasteiger partial charge in [-0.3, -0.25) is 0 Å². The highest BCUT2D eigenvalue weighted by Crippen LogP contribution is 2.10. The highest BCUT2D eigenvalue weighted by molar-refractivity contribution is 6.12. The Hall–Kier alpha value is -0.0151. The van der Waals surface area contributed by atoms with Gasteiger partial charge in [-0.2, -0.15) is 0 Å². The summed E-state index contributed by atoms with van der Waals surface area (Å²) in [7, 11) is 4.07. The normalized spacial score (nSPS) is 32.4. The summed E-state index contributed by atoms with van der Waals surface area (Å²) in [6.45, 7) is 0.946. The second kappa shape index (κ2) is 1.84. The number of rotatable bonds is 2. The summed E-state index contributed by atoms with van der Waals surface area (Å²) in [5.41, 5.74) is 0. The van der Waals surface area contributed by atoms with Crippen LogP contribution in [0.4, 0.5) is 0 Å². The molecule has 0 aliphatic carbocycles. The lowest BCUT2D eigenvalue weighted by Crippen LogP contribution is -2.30. The molecule has 1 saturated heterocycles. The van der Waals surface area contributed by atoms with Gasteiger partial charge in [-0.1, -0.05) is 0 Å². The summed E-state index contributed by atoms with van der Waals surface area (Å²) < 4.78 is 5.00. The lowest BCUT2D eigenvalue weighted by molar-refractivity contribution is 0.389. The number of nitrogens with one attached hydrogen (secondary N) is 1. The molecule has 3 heteroatoms. The van der Waals surface area contributed by atoms with Gasteiger partial charge in [0.2, 0.25) is 0 Å². The number of ether oxygens (including phenoxy) is 1. The number of hydrogen-bond acceptors (Lipinski definition) is 2. The fraction of sp³-hybridized carbons (Fsp3) is 1.00. The van der Waals surface area contributed by atoms with Crippen LogP contribution >= 0.6 is 0 Å². The van der Waals surface area contributed by atoms with Crippen molar-refractivity contribution in [2.75, 3.05) is 13.7 Å². The van der Waals surface area contributed by atoms with Crippen molar-refractivity contribution in [2.24, 2.45) is 0 Å². The molecule has 0 spiro atoms. The summed E-state index contributed by atoms with van der Waals surface area (Å²) in [6.07, 6.45) is 0.505. The molecule has 2 unspecified atom stereocenters. The molecule has 1 heterocycles. The van der Waals surface area contributed by atoms with Crippen LogP contribution in [-0.4, -0.2) is 33.5 Å². The smallest absolute Gasteiger partial charge is 0.126 e. The second-order valence-corrected chi connectivity index (χ2v) is 1.95. The highest BCUT2D eigenvalue weighted by Gasteiger charge is 2.27. The Labute approximate surface area is 44.6 Å². The molecule has 1 N–H and O–H groups in total. The van der Waals surface area contributed by atoms with Crippen molar-refractivity contribution in [1.29, 1.82) is 0 Å². The van der Waals surface area contributed by atoms with Crippen LogP contribution in [0.25, 0.3) is 0 Å². The summed E-state index contributed by atoms with van der Waals surface area (Å²) >= 11 is 0. The van der Waals surface area contributed by atoms with Crippen LogP contribution in [-0.2, 0) is 4.74 Å². The first kappa shape index (κ1) is 5.13. The summed E-state index contributed by atoms with van der Waals surface area (Å²) in [6, 6.07) is 0. The molecule has 0 radical (unpaired) electrons. The van der Waals surface area contributed by atoms with E-state index in [1.54, 1.807) is 0 Å². The molecule has 40 valence electrons. The average Bonchev–Trinajstić information content (AvgIpc) is 2.44. The van der Waals surface area contributed by atoms with Gasteiger partial charge in [0, 0.05) is 5.94 Å². The molecule has 2 atom stereocenters. The SMILES string of the molecule is BC(NC)C1CO1. The minimum Gasteiger partial charge on any atom is -0.372 e. The standard InChI is InChI=1S/C4H10BNO/c1-6-4(5)3-2-7-3/h3-4,6H,2,5H2,1H3. The molecule has 0 amide bonds. The van der Waals surface area contributed by atoms with Crippen LogP contribution in [0.1, 0.15) is 0 Å². The molecule has 0 aromatic rings. The minimum absolute atomic E-state index is 0.505. The maximum absolute atomic E-state index is 5.00. The molecular formula is C4H10BNO. The van der Waals surface area contributed by atoms with Gasteiger partial charge in [0.05, 0.1) is 12.7 Å². The minimum atomic E-state index is 0.505. The van der Waals surface area contributed by atoms with Crippen molar-refractivity contribution >= 4 is 7.85 Å². The summed E-state index contributed by atoms with van der Waals surface area (Å²) in [5.74, 6) is 0.542. The first-order valence-corrected chi connectivity index (χ1v) is 2.63. The van der Waals surface area contributed by atoms with Crippen molar-refractivity contribution in [3.05, 3.63) is 0 Å². The van der Waals surface area contributed by atoms with Crippen LogP contribution in [0.5, 0.6) is 0 Å². The Morgan fingerprint density at radius 3 is 2.71 bits per heavy atom. The van der Waals surface area contributed by atoms with Crippen LogP contribution in [0.3, 0.4) is 0 Å². The lowest BCUT2D eigenvalue weighted by Gasteiger charge is -2.02. The molecule has 1 aliphatic rings. The quantitative estimate of drug-likeness (QED) is 0.339. The molecule has 2 nitrogen and oxygen atoms in total. The van der Waals surface area contributed by atoms with Crippen LogP contribution in [0.2, 0.25) is 0 Å². The predicted molar refractivity (Wildman–Crippen MR) is 31.1 cm³/mol. The van der Waals surface area contributed by atoms with Gasteiger partial charge in [0.25, 0.3) is 0 Å². The van der Waals surface area contributed by atoms with Gasteiger partial charge in [-0.25, -0.2) is 0 Å². The van der Waals surface area contributed by atoms with E-state index in [0.29, 0.717) is 12.0 Å². The lowest BCUT2D eigenvalue weighted by atomic mass is 9.94. The first-order chi connectivity index (χ1) is 3.34. The van der Waals surface area contributed by atoms with E-state index < -0.39 is 0 Å². The van der Waals surface area contributed by atoms with E-state index in [2.05, 4.69) is 13.2 Å². The molecule has 7 heavy (non-hydrogen) atoms. The molecule has 0 bridgehead atoms. The van der Waals surface area contributed by atoms with E-state index in [9.17, 15) is 0 Å². The van der Waals surface area contributed by atoms with E-state index in [1.165, 1.54) is 0 Å². The maximum atomic E-state index is 5.00. The zero-order valence-corrected chi connectivity index (χ0v) is 4.77. The molecule has 1 aliphatic heterocycles. The van der Waals surface area contributed by atoms with Crippen LogP contribution < -0.4 is 5.32 Å². The molecule has 1 rings (SSSR count). The third-order valence-electron chi connectivity index (χ3n) is 1.37. The zero-order chi connectivity index (χ0) is 5.28. The van der Waals surface area contributed by atoms with Gasteiger partial charge < -0.3 is 10.1 Å². The van der Waals surface area contributed by atoms with Gasteiger partial charge in [-0.15, -0.1) is 0 Å². The van der Waals surface area contributed by atoms with Gasteiger partial charge in [0.15, 0.2) is 0 Å². The van der Waals surface area contributed by atoms with Gasteiger partial charge in [-0.05, 0) is 7.05 Å². The van der Waals surface area contributed by atoms with Crippen molar-refractivity contribution in [3.8, 4) is 0 Å². The Morgan fingerprint density at radius 1 is 2.00 bits per heavy atom. The van der Waals surface area contributed by atoms with E-state index in [1.807, 2.05) is 7.05 Å². The highest BCUT2D eigenvalue weighted by atomic mass is 16.6. The van der Waals surface area contributed by atoms with Crippen LogP contribution in [0, 0.1) is 0 Å². The third-order valence-corrected chi connectivity index (χ3v) is 1.37. The predicted octanol–water partition coefficient (Wildman–Crippen LogP) is -1.44. The van der Waals surface area contributed by atoms with Crippen LogP contribution in [0.15, 0.2) is 0 Å². The van der Waals surface area contributed by atoms with Crippen molar-refractivity contribution in [1.82, 2.24) is 5.32 Å². The number of likely N-dealkylation sites (N-methyl/N-ethyl adjacent to an activating group) is 1. The average molecular weight is 98.9 g/mol. The summed E-state index contributed by atoms with van der Waals surface area (Å²) in [5, 5.41) is 3.10. The maximum Gasteiger partial charge on any atom is 0.126 e. The molecule has 0 aromatic heterocycles.